The van der Waals surface area contributed by atoms with Crippen molar-refractivity contribution < 1.29 is 28.6 Å². The van der Waals surface area contributed by atoms with Gasteiger partial charge in [-0.1, -0.05) is 13.0 Å². The number of aromatic nitrogens is 1. The lowest BCUT2D eigenvalue weighted by Crippen LogP contribution is -2.42. The van der Waals surface area contributed by atoms with E-state index in [1.807, 2.05) is 25.1 Å². The monoisotopic (exact) mass is 483 g/mol. The molecule has 35 heavy (non-hydrogen) atoms. The largest absolute Gasteiger partial charge is 0.462 e. The lowest BCUT2D eigenvalue weighted by molar-refractivity contribution is -0.126. The number of esters is 1. The quantitative estimate of drug-likeness (QED) is 0.585. The van der Waals surface area contributed by atoms with Crippen LogP contribution in [0.25, 0.3) is 0 Å². The number of aromatic amines is 1. The number of hydrogen-bond acceptors (Lipinski definition) is 6. The first-order chi connectivity index (χ1) is 16.8. The van der Waals surface area contributed by atoms with E-state index in [-0.39, 0.29) is 37.0 Å². The molecule has 1 unspecified atom stereocenters. The van der Waals surface area contributed by atoms with Gasteiger partial charge in [0, 0.05) is 31.2 Å². The van der Waals surface area contributed by atoms with Crippen LogP contribution in [0.5, 0.6) is 11.5 Å². The highest BCUT2D eigenvalue weighted by atomic mass is 16.7. The van der Waals surface area contributed by atoms with E-state index in [1.54, 1.807) is 25.7 Å². The molecule has 2 amide bonds. The first-order valence-electron chi connectivity index (χ1n) is 12.1. The van der Waals surface area contributed by atoms with Crippen molar-refractivity contribution in [1.82, 2.24) is 15.2 Å². The average Bonchev–Trinajstić information content (AvgIpc) is 3.44. The Hall–Kier alpha value is -3.49. The SMILES string of the molecule is CCOC(=O)c1c(C)[nH]c(C(=O)N2CCC(C(C)C(=O)NCc3ccc4c(c3)OCO4)CC2)c1C. The molecule has 2 aromatic rings. The van der Waals surface area contributed by atoms with Crippen molar-refractivity contribution in [3.63, 3.8) is 0 Å². The molecule has 0 radical (unpaired) electrons. The number of ether oxygens (including phenoxy) is 3. The number of piperidine rings is 1. The van der Waals surface area contributed by atoms with Crippen LogP contribution in [-0.4, -0.2) is 54.2 Å². The molecule has 2 N–H and O–H groups in total. The number of carbonyl (C=O) groups is 3. The summed E-state index contributed by atoms with van der Waals surface area (Å²) in [5.74, 6) is 0.905. The summed E-state index contributed by atoms with van der Waals surface area (Å²) < 4.78 is 15.8. The van der Waals surface area contributed by atoms with E-state index in [4.69, 9.17) is 14.2 Å². The normalized spacial score (nSPS) is 16.2. The molecular formula is C26H33N3O6. The molecule has 1 aromatic heterocycles. The summed E-state index contributed by atoms with van der Waals surface area (Å²) in [6, 6.07) is 5.65. The van der Waals surface area contributed by atoms with E-state index in [2.05, 4.69) is 10.3 Å². The number of rotatable bonds is 7. The van der Waals surface area contributed by atoms with Gasteiger partial charge in [0.2, 0.25) is 12.7 Å². The number of carbonyl (C=O) groups excluding carboxylic acids is 3. The first-order valence-corrected chi connectivity index (χ1v) is 12.1. The first kappa shape index (κ1) is 24.6. The molecule has 188 valence electrons. The molecule has 0 aliphatic carbocycles. The molecule has 0 spiro atoms. The number of nitrogens with one attached hydrogen (secondary N) is 2. The van der Waals surface area contributed by atoms with Gasteiger partial charge in [-0.25, -0.2) is 4.79 Å². The number of nitrogens with zero attached hydrogens (tertiary/aromatic N) is 1. The Bertz CT molecular complexity index is 1120. The fourth-order valence-corrected chi connectivity index (χ4v) is 4.85. The molecule has 0 saturated carbocycles. The lowest BCUT2D eigenvalue weighted by atomic mass is 9.84. The van der Waals surface area contributed by atoms with E-state index in [9.17, 15) is 14.4 Å². The van der Waals surface area contributed by atoms with Gasteiger partial charge in [0.05, 0.1) is 12.2 Å². The van der Waals surface area contributed by atoms with Gasteiger partial charge in [0.25, 0.3) is 5.91 Å². The molecule has 1 aromatic carbocycles. The summed E-state index contributed by atoms with van der Waals surface area (Å²) in [5, 5.41) is 3.02. The zero-order valence-corrected chi connectivity index (χ0v) is 20.7. The van der Waals surface area contributed by atoms with Crippen LogP contribution in [0.15, 0.2) is 18.2 Å². The van der Waals surface area contributed by atoms with Crippen LogP contribution in [-0.2, 0) is 16.1 Å². The van der Waals surface area contributed by atoms with Gasteiger partial charge in [0.1, 0.15) is 5.69 Å². The van der Waals surface area contributed by atoms with Gasteiger partial charge >= 0.3 is 5.97 Å². The Balaban J connectivity index is 1.30. The van der Waals surface area contributed by atoms with Crippen LogP contribution in [0, 0.1) is 25.7 Å². The minimum absolute atomic E-state index is 0.00218. The van der Waals surface area contributed by atoms with Gasteiger partial charge in [-0.2, -0.15) is 0 Å². The number of hydrogen-bond donors (Lipinski definition) is 2. The lowest BCUT2D eigenvalue weighted by Gasteiger charge is -2.34. The van der Waals surface area contributed by atoms with Crippen molar-refractivity contribution in [2.24, 2.45) is 11.8 Å². The van der Waals surface area contributed by atoms with Crippen molar-refractivity contribution in [2.75, 3.05) is 26.5 Å². The Kier molecular flexibility index (Phi) is 7.33. The maximum atomic E-state index is 13.2. The van der Waals surface area contributed by atoms with Crippen LogP contribution < -0.4 is 14.8 Å². The number of aryl methyl sites for hydroxylation is 1. The summed E-state index contributed by atoms with van der Waals surface area (Å²) in [6.45, 7) is 9.29. The van der Waals surface area contributed by atoms with E-state index in [0.717, 1.165) is 24.2 Å². The molecule has 1 saturated heterocycles. The Labute approximate surface area is 205 Å². The highest BCUT2D eigenvalue weighted by Crippen LogP contribution is 2.32. The second-order valence-corrected chi connectivity index (χ2v) is 9.17. The second-order valence-electron chi connectivity index (χ2n) is 9.17. The van der Waals surface area contributed by atoms with E-state index in [0.29, 0.717) is 47.9 Å². The van der Waals surface area contributed by atoms with Crippen LogP contribution in [0.2, 0.25) is 0 Å². The molecular weight excluding hydrogens is 450 g/mol. The third-order valence-corrected chi connectivity index (χ3v) is 6.98. The molecule has 3 heterocycles. The van der Waals surface area contributed by atoms with E-state index in [1.165, 1.54) is 0 Å². The topological polar surface area (TPSA) is 110 Å². The second kappa shape index (κ2) is 10.4. The third-order valence-electron chi connectivity index (χ3n) is 6.98. The Morgan fingerprint density at radius 3 is 2.60 bits per heavy atom. The van der Waals surface area contributed by atoms with Crippen LogP contribution in [0.1, 0.15) is 64.4 Å². The Morgan fingerprint density at radius 2 is 1.89 bits per heavy atom. The number of amides is 2. The predicted molar refractivity (Wildman–Crippen MR) is 128 cm³/mol. The number of fused-ring (bicyclic) bond motifs is 1. The van der Waals surface area contributed by atoms with Crippen molar-refractivity contribution >= 4 is 17.8 Å². The highest BCUT2D eigenvalue weighted by molar-refractivity contribution is 6.00. The molecule has 2 aliphatic heterocycles. The van der Waals surface area contributed by atoms with Crippen molar-refractivity contribution in [3.05, 3.63) is 46.3 Å². The predicted octanol–water partition coefficient (Wildman–Crippen LogP) is 3.34. The summed E-state index contributed by atoms with van der Waals surface area (Å²) in [4.78, 5) is 43.1. The maximum absolute atomic E-state index is 13.2. The van der Waals surface area contributed by atoms with Crippen molar-refractivity contribution in [3.8, 4) is 11.5 Å². The maximum Gasteiger partial charge on any atom is 0.340 e. The summed E-state index contributed by atoms with van der Waals surface area (Å²) in [6.07, 6.45) is 1.49. The van der Waals surface area contributed by atoms with Crippen LogP contribution >= 0.6 is 0 Å². The smallest absolute Gasteiger partial charge is 0.340 e. The average molecular weight is 484 g/mol. The summed E-state index contributed by atoms with van der Waals surface area (Å²) in [7, 11) is 0. The standard InChI is InChI=1S/C26H33N3O6/c1-5-33-26(32)22-16(3)23(28-17(22)4)25(31)29-10-8-19(9-11-29)15(2)24(30)27-13-18-6-7-20-21(12-18)35-14-34-20/h6-7,12,15,19,28H,5,8-11,13-14H2,1-4H3,(H,27,30). The van der Waals surface area contributed by atoms with Crippen LogP contribution in [0.3, 0.4) is 0 Å². The van der Waals surface area contributed by atoms with E-state index < -0.39 is 5.97 Å². The third kappa shape index (κ3) is 5.13. The molecule has 9 nitrogen and oxygen atoms in total. The Morgan fingerprint density at radius 1 is 1.17 bits per heavy atom. The molecule has 2 aliphatic rings. The summed E-state index contributed by atoms with van der Waals surface area (Å²) >= 11 is 0. The fraction of sp³-hybridized carbons (Fsp3) is 0.500. The zero-order valence-electron chi connectivity index (χ0n) is 20.7. The van der Waals surface area contributed by atoms with Crippen molar-refractivity contribution in [2.45, 2.75) is 47.1 Å². The van der Waals surface area contributed by atoms with E-state index >= 15 is 0 Å². The minimum atomic E-state index is -0.419. The molecule has 9 heteroatoms. The molecule has 1 fully saturated rings. The summed E-state index contributed by atoms with van der Waals surface area (Å²) in [5.41, 5.74) is 3.06. The van der Waals surface area contributed by atoms with Crippen molar-refractivity contribution in [1.29, 1.82) is 0 Å². The van der Waals surface area contributed by atoms with Gasteiger partial charge in [-0.3, -0.25) is 9.59 Å². The van der Waals surface area contributed by atoms with Gasteiger partial charge in [-0.05, 0) is 62.8 Å². The molecule has 4 rings (SSSR count). The molecule has 0 bridgehead atoms. The van der Waals surface area contributed by atoms with Gasteiger partial charge in [-0.15, -0.1) is 0 Å². The number of H-pyrrole nitrogens is 1. The zero-order chi connectivity index (χ0) is 25.1. The van der Waals surface area contributed by atoms with Gasteiger partial charge < -0.3 is 29.4 Å². The number of likely N-dealkylation sites (tertiary alicyclic amines) is 1. The molecule has 1 atom stereocenters. The minimum Gasteiger partial charge on any atom is -0.462 e. The van der Waals surface area contributed by atoms with Crippen LogP contribution in [0.4, 0.5) is 0 Å². The fourth-order valence-electron chi connectivity index (χ4n) is 4.85. The van der Waals surface area contributed by atoms with Gasteiger partial charge in [0.15, 0.2) is 11.5 Å². The number of benzene rings is 1. The highest BCUT2D eigenvalue weighted by Gasteiger charge is 2.32.